The third kappa shape index (κ3) is 5.30. The number of nitrogens with one attached hydrogen (secondary N) is 1. The zero-order chi connectivity index (χ0) is 20.1. The molecule has 3 rings (SSSR count). The molecule has 6 nitrogen and oxygen atoms in total. The van der Waals surface area contributed by atoms with Gasteiger partial charge in [-0.2, -0.15) is 9.97 Å². The van der Waals surface area contributed by atoms with Gasteiger partial charge in [-0.25, -0.2) is 4.98 Å². The van der Waals surface area contributed by atoms with Crippen molar-refractivity contribution in [2.24, 2.45) is 0 Å². The number of thioether (sulfide) groups is 1. The van der Waals surface area contributed by atoms with Gasteiger partial charge < -0.3 is 4.74 Å². The molecule has 0 saturated carbocycles. The van der Waals surface area contributed by atoms with Crippen molar-refractivity contribution in [3.63, 3.8) is 0 Å². The Labute approximate surface area is 172 Å². The van der Waals surface area contributed by atoms with Crippen LogP contribution in [0.4, 0.5) is 5.95 Å². The molecule has 0 aliphatic carbocycles. The molecule has 0 spiro atoms. The highest BCUT2D eigenvalue weighted by molar-refractivity contribution is 7.98. The zero-order valence-corrected chi connectivity index (χ0v) is 17.9. The van der Waals surface area contributed by atoms with Crippen LogP contribution in [-0.4, -0.2) is 27.1 Å². The largest absolute Gasteiger partial charge is 0.486 e. The number of benzene rings is 1. The number of carbonyl (C=O) groups is 1. The van der Waals surface area contributed by atoms with Gasteiger partial charge in [0.25, 0.3) is 5.91 Å². The molecular formula is C20H22N4O2S2. The van der Waals surface area contributed by atoms with E-state index in [1.807, 2.05) is 29.8 Å². The van der Waals surface area contributed by atoms with Crippen molar-refractivity contribution in [3.05, 3.63) is 58.0 Å². The SMILES string of the molecule is CSc1nc(COc2ccc(C(C)(C)C)cc2)nc(NC(=O)c2cccs2)n1. The second-order valence-electron chi connectivity index (χ2n) is 7.06. The predicted molar refractivity (Wildman–Crippen MR) is 113 cm³/mol. The average molecular weight is 415 g/mol. The van der Waals surface area contributed by atoms with E-state index < -0.39 is 0 Å². The maximum Gasteiger partial charge on any atom is 0.268 e. The van der Waals surface area contributed by atoms with Crippen LogP contribution in [0.2, 0.25) is 0 Å². The number of anilines is 1. The molecule has 0 atom stereocenters. The number of aromatic nitrogens is 3. The van der Waals surface area contributed by atoms with E-state index in [9.17, 15) is 4.79 Å². The lowest BCUT2D eigenvalue weighted by Gasteiger charge is -2.19. The fraction of sp³-hybridized carbons (Fsp3) is 0.300. The van der Waals surface area contributed by atoms with Crippen LogP contribution in [0, 0.1) is 0 Å². The predicted octanol–water partition coefficient (Wildman–Crippen LogP) is 4.78. The zero-order valence-electron chi connectivity index (χ0n) is 16.2. The van der Waals surface area contributed by atoms with Gasteiger partial charge in [0.15, 0.2) is 11.0 Å². The molecular weight excluding hydrogens is 392 g/mol. The van der Waals surface area contributed by atoms with Crippen molar-refractivity contribution in [2.45, 2.75) is 37.9 Å². The Morgan fingerprint density at radius 2 is 1.89 bits per heavy atom. The Hall–Kier alpha value is -2.45. The standard InChI is InChI=1S/C20H22N4O2S2/c1-20(2,3)13-7-9-14(10-8-13)26-12-16-21-18(24-19(22-16)27-4)23-17(25)15-6-5-11-28-15/h5-11H,12H2,1-4H3,(H,21,22,23,24,25). The summed E-state index contributed by atoms with van der Waals surface area (Å²) in [6, 6.07) is 11.6. The summed E-state index contributed by atoms with van der Waals surface area (Å²) < 4.78 is 5.82. The molecule has 8 heteroatoms. The highest BCUT2D eigenvalue weighted by Gasteiger charge is 2.14. The highest BCUT2D eigenvalue weighted by Crippen LogP contribution is 2.24. The van der Waals surface area contributed by atoms with Crippen molar-refractivity contribution >= 4 is 35.0 Å². The normalized spacial score (nSPS) is 11.3. The second-order valence-corrected chi connectivity index (χ2v) is 8.78. The highest BCUT2D eigenvalue weighted by atomic mass is 32.2. The minimum absolute atomic E-state index is 0.0929. The summed E-state index contributed by atoms with van der Waals surface area (Å²) in [7, 11) is 0. The van der Waals surface area contributed by atoms with Crippen LogP contribution in [0.25, 0.3) is 0 Å². The lowest BCUT2D eigenvalue weighted by atomic mass is 9.87. The molecule has 1 N–H and O–H groups in total. The number of thiophene rings is 1. The van der Waals surface area contributed by atoms with E-state index in [1.165, 1.54) is 28.7 Å². The number of ether oxygens (including phenoxy) is 1. The summed E-state index contributed by atoms with van der Waals surface area (Å²) in [5, 5.41) is 5.10. The van der Waals surface area contributed by atoms with Gasteiger partial charge in [-0.05, 0) is 40.8 Å². The maximum absolute atomic E-state index is 12.2. The van der Waals surface area contributed by atoms with Gasteiger partial charge in [-0.1, -0.05) is 50.7 Å². The summed E-state index contributed by atoms with van der Waals surface area (Å²) >= 11 is 2.74. The summed E-state index contributed by atoms with van der Waals surface area (Å²) in [5.41, 5.74) is 1.33. The molecule has 1 amide bonds. The van der Waals surface area contributed by atoms with Crippen LogP contribution in [0.3, 0.4) is 0 Å². The van der Waals surface area contributed by atoms with Gasteiger partial charge in [0.2, 0.25) is 5.95 Å². The van der Waals surface area contributed by atoms with Crippen molar-refractivity contribution in [1.29, 1.82) is 0 Å². The Morgan fingerprint density at radius 3 is 2.50 bits per heavy atom. The lowest BCUT2D eigenvalue weighted by molar-refractivity contribution is 0.102. The summed E-state index contributed by atoms with van der Waals surface area (Å²) in [6.07, 6.45) is 1.87. The van der Waals surface area contributed by atoms with E-state index in [0.717, 1.165) is 5.75 Å². The fourth-order valence-electron chi connectivity index (χ4n) is 2.38. The fourth-order valence-corrected chi connectivity index (χ4v) is 3.37. The van der Waals surface area contributed by atoms with Crippen molar-refractivity contribution in [3.8, 4) is 5.75 Å². The van der Waals surface area contributed by atoms with Crippen molar-refractivity contribution in [1.82, 2.24) is 15.0 Å². The quantitative estimate of drug-likeness (QED) is 0.585. The Bertz CT molecular complexity index is 936. The number of amides is 1. The summed E-state index contributed by atoms with van der Waals surface area (Å²) in [6.45, 7) is 6.70. The van der Waals surface area contributed by atoms with E-state index in [4.69, 9.17) is 4.74 Å². The number of hydrogen-bond donors (Lipinski definition) is 1. The van der Waals surface area contributed by atoms with E-state index in [-0.39, 0.29) is 23.9 Å². The first-order valence-corrected chi connectivity index (χ1v) is 10.8. The van der Waals surface area contributed by atoms with E-state index in [2.05, 4.69) is 53.2 Å². The van der Waals surface area contributed by atoms with Crippen LogP contribution >= 0.6 is 23.1 Å². The number of carbonyl (C=O) groups excluding carboxylic acids is 1. The maximum atomic E-state index is 12.2. The van der Waals surface area contributed by atoms with Gasteiger partial charge in [-0.3, -0.25) is 10.1 Å². The molecule has 0 bridgehead atoms. The Balaban J connectivity index is 1.70. The van der Waals surface area contributed by atoms with Crippen LogP contribution in [-0.2, 0) is 12.0 Å². The van der Waals surface area contributed by atoms with Crippen LogP contribution < -0.4 is 10.1 Å². The van der Waals surface area contributed by atoms with E-state index in [1.54, 1.807) is 6.07 Å². The van der Waals surface area contributed by atoms with Gasteiger partial charge in [-0.15, -0.1) is 11.3 Å². The van der Waals surface area contributed by atoms with Crippen LogP contribution in [0.5, 0.6) is 5.75 Å². The first-order valence-electron chi connectivity index (χ1n) is 8.72. The number of nitrogens with zero attached hydrogens (tertiary/aromatic N) is 3. The third-order valence-corrected chi connectivity index (χ3v) is 5.32. The van der Waals surface area contributed by atoms with E-state index >= 15 is 0 Å². The smallest absolute Gasteiger partial charge is 0.268 e. The van der Waals surface area contributed by atoms with Crippen LogP contribution in [0.15, 0.2) is 46.9 Å². The van der Waals surface area contributed by atoms with Crippen molar-refractivity contribution in [2.75, 3.05) is 11.6 Å². The Kier molecular flexibility index (Phi) is 6.31. The topological polar surface area (TPSA) is 77.0 Å². The minimum atomic E-state index is -0.238. The summed E-state index contributed by atoms with van der Waals surface area (Å²) in [5.74, 6) is 1.18. The molecule has 3 aromatic rings. The van der Waals surface area contributed by atoms with Gasteiger partial charge in [0.05, 0.1) is 4.88 Å². The minimum Gasteiger partial charge on any atom is -0.486 e. The molecule has 0 aliphatic heterocycles. The second kappa shape index (κ2) is 8.70. The molecule has 146 valence electrons. The lowest BCUT2D eigenvalue weighted by Crippen LogP contribution is -2.15. The van der Waals surface area contributed by atoms with Gasteiger partial charge in [0, 0.05) is 0 Å². The molecule has 0 radical (unpaired) electrons. The first-order chi connectivity index (χ1) is 13.3. The van der Waals surface area contributed by atoms with Gasteiger partial charge >= 0.3 is 0 Å². The molecule has 0 aliphatic rings. The molecule has 2 aromatic heterocycles. The number of hydrogen-bond acceptors (Lipinski definition) is 7. The molecule has 0 fully saturated rings. The first kappa shape index (κ1) is 20.3. The third-order valence-electron chi connectivity index (χ3n) is 3.90. The average Bonchev–Trinajstić information content (AvgIpc) is 3.21. The molecule has 1 aromatic carbocycles. The molecule has 0 unspecified atom stereocenters. The van der Waals surface area contributed by atoms with E-state index in [0.29, 0.717) is 15.9 Å². The Morgan fingerprint density at radius 1 is 1.14 bits per heavy atom. The summed E-state index contributed by atoms with van der Waals surface area (Å²) in [4.78, 5) is 25.8. The molecule has 28 heavy (non-hydrogen) atoms. The van der Waals surface area contributed by atoms with Crippen molar-refractivity contribution < 1.29 is 9.53 Å². The number of rotatable bonds is 6. The van der Waals surface area contributed by atoms with Crippen LogP contribution in [0.1, 0.15) is 41.8 Å². The molecule has 2 heterocycles. The van der Waals surface area contributed by atoms with Gasteiger partial charge in [0.1, 0.15) is 12.4 Å². The molecule has 0 saturated heterocycles. The monoisotopic (exact) mass is 414 g/mol.